The highest BCUT2D eigenvalue weighted by molar-refractivity contribution is 9.10. The summed E-state index contributed by atoms with van der Waals surface area (Å²) in [4.78, 5) is 25.2. The maximum Gasteiger partial charge on any atom is 0.222 e. The van der Waals surface area contributed by atoms with E-state index in [1.807, 2.05) is 16.7 Å². The van der Waals surface area contributed by atoms with Crippen molar-refractivity contribution in [2.24, 2.45) is 0 Å². The van der Waals surface area contributed by atoms with Crippen LogP contribution >= 0.6 is 15.9 Å². The molecule has 0 spiro atoms. The number of halogens is 1. The zero-order valence-corrected chi connectivity index (χ0v) is 24.3. The molecule has 0 saturated carbocycles. The van der Waals surface area contributed by atoms with E-state index in [9.17, 15) is 15.2 Å². The topological polar surface area (TPSA) is 126 Å². The minimum atomic E-state index is -1.31. The van der Waals surface area contributed by atoms with E-state index in [4.69, 9.17) is 9.72 Å². The Morgan fingerprint density at radius 3 is 2.63 bits per heavy atom. The molecule has 0 aliphatic rings. The van der Waals surface area contributed by atoms with Crippen LogP contribution in [0.1, 0.15) is 18.2 Å². The first-order valence-corrected chi connectivity index (χ1v) is 16.6. The molecule has 0 unspecified atom stereocenters. The van der Waals surface area contributed by atoms with Crippen molar-refractivity contribution in [1.82, 2.24) is 19.5 Å². The predicted octanol–water partition coefficient (Wildman–Crippen LogP) is 5.56. The van der Waals surface area contributed by atoms with Crippen LogP contribution < -0.4 is 5.32 Å². The molecule has 0 aliphatic heterocycles. The molecule has 0 atom stereocenters. The fraction of sp³-hybridized carbons (Fsp3) is 0.296. The van der Waals surface area contributed by atoms with Gasteiger partial charge in [-0.15, -0.1) is 0 Å². The molecule has 9 nitrogen and oxygen atoms in total. The number of rotatable bonds is 9. The number of anilines is 1. The van der Waals surface area contributed by atoms with Gasteiger partial charge in [-0.2, -0.15) is 5.26 Å². The molecular formula is C27H29BrN6O3Si. The zero-order chi connectivity index (χ0) is 27.4. The molecule has 0 fully saturated rings. The summed E-state index contributed by atoms with van der Waals surface area (Å²) in [6, 6.07) is 12.3. The zero-order valence-electron chi connectivity index (χ0n) is 21.7. The van der Waals surface area contributed by atoms with Gasteiger partial charge in [0.1, 0.15) is 23.2 Å². The molecule has 4 aromatic rings. The van der Waals surface area contributed by atoms with Crippen LogP contribution in [0.15, 0.2) is 47.3 Å². The van der Waals surface area contributed by atoms with E-state index >= 15 is 0 Å². The number of pyridine rings is 3. The first-order chi connectivity index (χ1) is 18.1. The lowest BCUT2D eigenvalue weighted by Crippen LogP contribution is -2.22. The number of nitriles is 1. The molecule has 0 aliphatic carbocycles. The number of aliphatic hydroxyl groups excluding tert-OH is 1. The fourth-order valence-electron chi connectivity index (χ4n) is 4.13. The highest BCUT2D eigenvalue weighted by Gasteiger charge is 2.25. The van der Waals surface area contributed by atoms with Gasteiger partial charge < -0.3 is 19.7 Å². The van der Waals surface area contributed by atoms with Gasteiger partial charge >= 0.3 is 0 Å². The SMILES string of the molecule is CC(=O)Nc1cc(-c2c(-c3ccc(CO)nc3)c3nc(Br)cc(C#N)c3n2COCC[Si](C)(C)C)ccn1. The van der Waals surface area contributed by atoms with Gasteiger partial charge in [-0.05, 0) is 46.2 Å². The second-order valence-corrected chi connectivity index (χ2v) is 16.5. The lowest BCUT2D eigenvalue weighted by atomic mass is 10.0. The van der Waals surface area contributed by atoms with Crippen molar-refractivity contribution in [3.05, 3.63) is 58.6 Å². The molecule has 2 N–H and O–H groups in total. The molecule has 1 amide bonds. The standard InChI is InChI=1S/C27H29BrN6O3Si/c1-17(36)32-23-12-18(7-8-30-23)26-24(19-5-6-21(15-35)31-14-19)25-27(20(13-29)11-22(28)33-25)34(26)16-37-9-10-38(2,3)4/h5-8,11-12,14,35H,9-10,15-16H2,1-4H3,(H,30,32,36). The normalized spacial score (nSPS) is 11.5. The number of fused-ring (bicyclic) bond motifs is 1. The number of carbonyl (C=O) groups excluding carboxylic acids is 1. The van der Waals surface area contributed by atoms with Crippen LogP contribution in [0.2, 0.25) is 25.7 Å². The lowest BCUT2D eigenvalue weighted by Gasteiger charge is -2.17. The third-order valence-corrected chi connectivity index (χ3v) is 8.04. The number of carbonyl (C=O) groups is 1. The molecule has 0 saturated heterocycles. The van der Waals surface area contributed by atoms with Crippen molar-refractivity contribution >= 4 is 46.8 Å². The summed E-state index contributed by atoms with van der Waals surface area (Å²) in [6.45, 7) is 8.94. The Morgan fingerprint density at radius 1 is 1.21 bits per heavy atom. The largest absolute Gasteiger partial charge is 0.390 e. The van der Waals surface area contributed by atoms with E-state index in [1.165, 1.54) is 6.92 Å². The van der Waals surface area contributed by atoms with Gasteiger partial charge in [0.15, 0.2) is 0 Å². The van der Waals surface area contributed by atoms with Gasteiger partial charge in [0.25, 0.3) is 0 Å². The first-order valence-electron chi connectivity index (χ1n) is 12.1. The van der Waals surface area contributed by atoms with Crippen LogP contribution in [0.5, 0.6) is 0 Å². The summed E-state index contributed by atoms with van der Waals surface area (Å²) in [7, 11) is -1.31. The van der Waals surface area contributed by atoms with Crippen LogP contribution in [-0.2, 0) is 22.9 Å². The van der Waals surface area contributed by atoms with Crippen LogP contribution in [0.4, 0.5) is 5.82 Å². The average Bonchev–Trinajstić information content (AvgIpc) is 3.19. The Labute approximate surface area is 230 Å². The Bertz CT molecular complexity index is 1520. The highest BCUT2D eigenvalue weighted by atomic mass is 79.9. The summed E-state index contributed by atoms with van der Waals surface area (Å²) in [5, 5.41) is 22.3. The Hall–Kier alpha value is -3.43. The van der Waals surface area contributed by atoms with Crippen molar-refractivity contribution in [2.75, 3.05) is 11.9 Å². The van der Waals surface area contributed by atoms with Gasteiger partial charge in [0.05, 0.1) is 34.6 Å². The predicted molar refractivity (Wildman–Crippen MR) is 153 cm³/mol. The highest BCUT2D eigenvalue weighted by Crippen LogP contribution is 2.42. The van der Waals surface area contributed by atoms with Gasteiger partial charge in [0, 0.05) is 50.7 Å². The number of amides is 1. The molecule has 38 heavy (non-hydrogen) atoms. The smallest absolute Gasteiger partial charge is 0.222 e. The molecule has 4 rings (SSSR count). The van der Waals surface area contributed by atoms with Crippen molar-refractivity contribution < 1.29 is 14.6 Å². The summed E-state index contributed by atoms with van der Waals surface area (Å²) in [5.74, 6) is 0.173. The van der Waals surface area contributed by atoms with Crippen LogP contribution in [0.25, 0.3) is 33.4 Å². The van der Waals surface area contributed by atoms with E-state index in [0.29, 0.717) is 39.3 Å². The van der Waals surface area contributed by atoms with Crippen LogP contribution in [0, 0.1) is 11.3 Å². The Kier molecular flexibility index (Phi) is 8.37. The van der Waals surface area contributed by atoms with Gasteiger partial charge in [-0.25, -0.2) is 9.97 Å². The molecular weight excluding hydrogens is 564 g/mol. The van der Waals surface area contributed by atoms with E-state index in [0.717, 1.165) is 28.4 Å². The number of hydrogen-bond donors (Lipinski definition) is 2. The minimum absolute atomic E-state index is 0.174. The average molecular weight is 594 g/mol. The number of aliphatic hydroxyl groups is 1. The number of nitrogens with zero attached hydrogens (tertiary/aromatic N) is 5. The van der Waals surface area contributed by atoms with Crippen LogP contribution in [-0.4, -0.2) is 45.2 Å². The minimum Gasteiger partial charge on any atom is -0.390 e. The first kappa shape index (κ1) is 27.6. The summed E-state index contributed by atoms with van der Waals surface area (Å²) in [5.41, 5.74) is 5.25. The summed E-state index contributed by atoms with van der Waals surface area (Å²) < 4.78 is 8.68. The molecule has 0 radical (unpaired) electrons. The maximum atomic E-state index is 11.7. The van der Waals surface area contributed by atoms with Crippen molar-refractivity contribution in [1.29, 1.82) is 5.26 Å². The maximum absolute atomic E-state index is 11.7. The van der Waals surface area contributed by atoms with Gasteiger partial charge in [-0.1, -0.05) is 25.7 Å². The van der Waals surface area contributed by atoms with Crippen LogP contribution in [0.3, 0.4) is 0 Å². The number of ether oxygens (including phenoxy) is 1. The molecule has 196 valence electrons. The van der Waals surface area contributed by atoms with Gasteiger partial charge in [0.2, 0.25) is 5.91 Å². The molecule has 4 aromatic heterocycles. The molecule has 0 bridgehead atoms. The van der Waals surface area contributed by atoms with E-state index in [2.05, 4.69) is 56.9 Å². The number of aromatic nitrogens is 4. The van der Waals surface area contributed by atoms with E-state index < -0.39 is 8.07 Å². The third-order valence-electron chi connectivity index (χ3n) is 5.93. The quantitative estimate of drug-likeness (QED) is 0.148. The van der Waals surface area contributed by atoms with E-state index in [1.54, 1.807) is 30.6 Å². The lowest BCUT2D eigenvalue weighted by molar-refractivity contribution is -0.114. The molecule has 11 heteroatoms. The van der Waals surface area contributed by atoms with Crippen molar-refractivity contribution in [3.63, 3.8) is 0 Å². The second kappa shape index (κ2) is 11.5. The molecule has 0 aromatic carbocycles. The Morgan fingerprint density at radius 2 is 2.00 bits per heavy atom. The third kappa shape index (κ3) is 6.16. The van der Waals surface area contributed by atoms with Gasteiger partial charge in [-0.3, -0.25) is 9.78 Å². The number of nitrogens with one attached hydrogen (secondary N) is 1. The van der Waals surface area contributed by atoms with Crippen molar-refractivity contribution in [3.8, 4) is 28.5 Å². The van der Waals surface area contributed by atoms with E-state index in [-0.39, 0.29) is 19.2 Å². The summed E-state index contributed by atoms with van der Waals surface area (Å²) in [6.07, 6.45) is 3.31. The second-order valence-electron chi connectivity index (χ2n) is 10.1. The fourth-order valence-corrected chi connectivity index (χ4v) is 5.29. The molecule has 4 heterocycles. The van der Waals surface area contributed by atoms with Crippen molar-refractivity contribution in [2.45, 2.75) is 45.9 Å². The summed E-state index contributed by atoms with van der Waals surface area (Å²) >= 11 is 3.46. The Balaban J connectivity index is 2.01. The monoisotopic (exact) mass is 592 g/mol. The number of hydrogen-bond acceptors (Lipinski definition) is 7.